The summed E-state index contributed by atoms with van der Waals surface area (Å²) >= 11 is 0. The van der Waals surface area contributed by atoms with E-state index in [1.807, 2.05) is 0 Å². The van der Waals surface area contributed by atoms with Crippen LogP contribution in [0.1, 0.15) is 72.1 Å². The van der Waals surface area contributed by atoms with Gasteiger partial charge in [0.1, 0.15) is 0 Å². The van der Waals surface area contributed by atoms with Gasteiger partial charge in [0.2, 0.25) is 0 Å². The lowest BCUT2D eigenvalue weighted by atomic mass is 10.1. The molecule has 4 heteroatoms. The molecule has 0 aliphatic rings. The van der Waals surface area contributed by atoms with Crippen LogP contribution in [0.15, 0.2) is 0 Å². The molecule has 4 nitrogen and oxygen atoms in total. The number of hydrogen-bond donors (Lipinski definition) is 0. The van der Waals surface area contributed by atoms with Crippen molar-refractivity contribution in [2.75, 3.05) is 13.2 Å². The highest BCUT2D eigenvalue weighted by molar-refractivity contribution is 5.70. The van der Waals surface area contributed by atoms with Gasteiger partial charge in [-0.3, -0.25) is 9.59 Å². The Hall–Kier alpha value is -1.06. The summed E-state index contributed by atoms with van der Waals surface area (Å²) in [4.78, 5) is 22.8. The van der Waals surface area contributed by atoms with Gasteiger partial charge in [0.15, 0.2) is 0 Å². The van der Waals surface area contributed by atoms with Crippen LogP contribution < -0.4 is 0 Å². The van der Waals surface area contributed by atoms with Crippen LogP contribution in [0.3, 0.4) is 0 Å². The largest absolute Gasteiger partial charge is 0.466 e. The molecule has 20 heavy (non-hydrogen) atoms. The lowest BCUT2D eigenvalue weighted by Crippen LogP contribution is -2.11. The predicted octanol–water partition coefficient (Wildman–Crippen LogP) is 3.87. The summed E-state index contributed by atoms with van der Waals surface area (Å²) in [5, 5.41) is 0. The molecule has 0 amide bonds. The molecule has 0 aliphatic carbocycles. The smallest absolute Gasteiger partial charge is 0.305 e. The zero-order valence-electron chi connectivity index (χ0n) is 13.3. The van der Waals surface area contributed by atoms with E-state index in [4.69, 9.17) is 9.47 Å². The molecule has 0 radical (unpaired) electrons. The quantitative estimate of drug-likeness (QED) is 0.404. The van der Waals surface area contributed by atoms with Crippen molar-refractivity contribution in [1.29, 1.82) is 0 Å². The monoisotopic (exact) mass is 286 g/mol. The molecule has 1 atom stereocenters. The summed E-state index contributed by atoms with van der Waals surface area (Å²) in [6, 6.07) is 0. The Morgan fingerprint density at radius 1 is 0.900 bits per heavy atom. The van der Waals surface area contributed by atoms with Crippen LogP contribution in [0, 0.1) is 5.92 Å². The molecule has 0 bridgehead atoms. The second-order valence-electron chi connectivity index (χ2n) is 5.33. The first-order valence-electron chi connectivity index (χ1n) is 7.91. The van der Waals surface area contributed by atoms with Crippen molar-refractivity contribution in [3.8, 4) is 0 Å². The molecule has 0 aliphatic heterocycles. The van der Waals surface area contributed by atoms with Crippen molar-refractivity contribution in [1.82, 2.24) is 0 Å². The third-order valence-electron chi connectivity index (χ3n) is 3.25. The Balaban J connectivity index is 3.41. The van der Waals surface area contributed by atoms with Crippen molar-refractivity contribution >= 4 is 11.9 Å². The summed E-state index contributed by atoms with van der Waals surface area (Å²) in [6.07, 6.45) is 6.31. The Bertz CT molecular complexity index is 263. The first kappa shape index (κ1) is 18.9. The topological polar surface area (TPSA) is 52.6 Å². The van der Waals surface area contributed by atoms with Crippen LogP contribution in [-0.4, -0.2) is 25.2 Å². The molecule has 0 N–H and O–H groups in total. The van der Waals surface area contributed by atoms with E-state index in [1.165, 1.54) is 0 Å². The average Bonchev–Trinajstić information content (AvgIpc) is 2.45. The second-order valence-corrected chi connectivity index (χ2v) is 5.33. The molecule has 0 heterocycles. The number of ether oxygens (including phenoxy) is 2. The van der Waals surface area contributed by atoms with Crippen LogP contribution in [0.4, 0.5) is 0 Å². The number of esters is 2. The fourth-order valence-electron chi connectivity index (χ4n) is 1.57. The SMILES string of the molecule is CCCCCOC(=O)CCCCC(=O)OCC(C)CC. The molecule has 0 saturated heterocycles. The standard InChI is InChI=1S/C16H30O4/c1-4-6-9-12-19-15(17)10-7-8-11-16(18)20-13-14(3)5-2/h14H,4-13H2,1-3H3. The molecule has 118 valence electrons. The first-order valence-corrected chi connectivity index (χ1v) is 7.91. The summed E-state index contributed by atoms with van der Waals surface area (Å²) in [7, 11) is 0. The predicted molar refractivity (Wildman–Crippen MR) is 79.4 cm³/mol. The fourth-order valence-corrected chi connectivity index (χ4v) is 1.57. The van der Waals surface area contributed by atoms with Crippen LogP contribution in [0.25, 0.3) is 0 Å². The van der Waals surface area contributed by atoms with Gasteiger partial charge in [0.05, 0.1) is 13.2 Å². The van der Waals surface area contributed by atoms with Crippen LogP contribution in [0.5, 0.6) is 0 Å². The number of carbonyl (C=O) groups excluding carboxylic acids is 2. The Labute approximate surface area is 123 Å². The highest BCUT2D eigenvalue weighted by Crippen LogP contribution is 2.06. The van der Waals surface area contributed by atoms with E-state index in [2.05, 4.69) is 20.8 Å². The van der Waals surface area contributed by atoms with E-state index in [-0.39, 0.29) is 11.9 Å². The van der Waals surface area contributed by atoms with E-state index < -0.39 is 0 Å². The Morgan fingerprint density at radius 2 is 1.50 bits per heavy atom. The number of carbonyl (C=O) groups is 2. The van der Waals surface area contributed by atoms with Crippen molar-refractivity contribution in [2.24, 2.45) is 5.92 Å². The van der Waals surface area contributed by atoms with Crippen LogP contribution >= 0.6 is 0 Å². The van der Waals surface area contributed by atoms with E-state index in [1.54, 1.807) is 0 Å². The third-order valence-corrected chi connectivity index (χ3v) is 3.25. The number of rotatable bonds is 12. The van der Waals surface area contributed by atoms with Crippen molar-refractivity contribution in [3.63, 3.8) is 0 Å². The highest BCUT2D eigenvalue weighted by Gasteiger charge is 2.07. The van der Waals surface area contributed by atoms with E-state index in [0.717, 1.165) is 25.7 Å². The minimum absolute atomic E-state index is 0.158. The van der Waals surface area contributed by atoms with E-state index >= 15 is 0 Å². The molecular weight excluding hydrogens is 256 g/mol. The zero-order chi connectivity index (χ0) is 15.2. The minimum Gasteiger partial charge on any atom is -0.466 e. The Morgan fingerprint density at radius 3 is 2.05 bits per heavy atom. The maximum Gasteiger partial charge on any atom is 0.305 e. The molecule has 0 aromatic rings. The van der Waals surface area contributed by atoms with E-state index in [9.17, 15) is 9.59 Å². The summed E-state index contributed by atoms with van der Waals surface area (Å²) in [6.45, 7) is 7.26. The summed E-state index contributed by atoms with van der Waals surface area (Å²) < 4.78 is 10.2. The summed E-state index contributed by atoms with van der Waals surface area (Å²) in [5.41, 5.74) is 0. The second kappa shape index (κ2) is 12.9. The molecule has 0 spiro atoms. The number of hydrogen-bond acceptors (Lipinski definition) is 4. The van der Waals surface area contributed by atoms with Gasteiger partial charge in [-0.2, -0.15) is 0 Å². The maximum absolute atomic E-state index is 11.4. The molecule has 1 unspecified atom stereocenters. The number of unbranched alkanes of at least 4 members (excludes halogenated alkanes) is 3. The minimum atomic E-state index is -0.165. The zero-order valence-corrected chi connectivity index (χ0v) is 13.3. The Kier molecular flexibility index (Phi) is 12.3. The molecule has 0 aromatic heterocycles. The van der Waals surface area contributed by atoms with Gasteiger partial charge in [-0.1, -0.05) is 40.0 Å². The molecular formula is C16H30O4. The van der Waals surface area contributed by atoms with Gasteiger partial charge in [0.25, 0.3) is 0 Å². The lowest BCUT2D eigenvalue weighted by molar-refractivity contribution is -0.146. The van der Waals surface area contributed by atoms with Gasteiger partial charge in [-0.25, -0.2) is 0 Å². The average molecular weight is 286 g/mol. The third kappa shape index (κ3) is 12.0. The van der Waals surface area contributed by atoms with Gasteiger partial charge < -0.3 is 9.47 Å². The first-order chi connectivity index (χ1) is 9.60. The highest BCUT2D eigenvalue weighted by atomic mass is 16.5. The molecule has 0 saturated carbocycles. The normalized spacial score (nSPS) is 11.9. The lowest BCUT2D eigenvalue weighted by Gasteiger charge is -2.09. The maximum atomic E-state index is 11.4. The van der Waals surface area contributed by atoms with Crippen LogP contribution in [-0.2, 0) is 19.1 Å². The van der Waals surface area contributed by atoms with Crippen LogP contribution in [0.2, 0.25) is 0 Å². The van der Waals surface area contributed by atoms with Crippen molar-refractivity contribution < 1.29 is 19.1 Å². The molecule has 0 aromatic carbocycles. The fraction of sp³-hybridized carbons (Fsp3) is 0.875. The van der Waals surface area contributed by atoms with E-state index in [0.29, 0.717) is 44.8 Å². The molecule has 0 fully saturated rings. The molecule has 0 rings (SSSR count). The van der Waals surface area contributed by atoms with Gasteiger partial charge in [-0.15, -0.1) is 0 Å². The van der Waals surface area contributed by atoms with Gasteiger partial charge in [0, 0.05) is 12.8 Å². The van der Waals surface area contributed by atoms with Gasteiger partial charge in [-0.05, 0) is 25.2 Å². The van der Waals surface area contributed by atoms with Crippen molar-refractivity contribution in [3.05, 3.63) is 0 Å². The summed E-state index contributed by atoms with van der Waals surface area (Å²) in [5.74, 6) is 0.0905. The van der Waals surface area contributed by atoms with Crippen molar-refractivity contribution in [2.45, 2.75) is 72.1 Å². The van der Waals surface area contributed by atoms with Gasteiger partial charge >= 0.3 is 11.9 Å².